The summed E-state index contributed by atoms with van der Waals surface area (Å²) >= 11 is 0. The fourth-order valence-electron chi connectivity index (χ4n) is 3.41. The van der Waals surface area contributed by atoms with Crippen LogP contribution in [0.5, 0.6) is 0 Å². The Bertz CT molecular complexity index is 1470. The van der Waals surface area contributed by atoms with E-state index in [4.69, 9.17) is 17.2 Å². The van der Waals surface area contributed by atoms with Crippen LogP contribution in [-0.2, 0) is 14.8 Å². The number of carbonyl (C=O) groups excluding carboxylic acids is 1. The van der Waals surface area contributed by atoms with Crippen LogP contribution in [0.4, 0.5) is 11.5 Å². The number of nitrogens with two attached hydrogens (primary N) is 3. The topological polar surface area (TPSA) is 147 Å². The van der Waals surface area contributed by atoms with Gasteiger partial charge in [-0.3, -0.25) is 4.79 Å². The van der Waals surface area contributed by atoms with Gasteiger partial charge >= 0.3 is 0 Å². The molecule has 0 saturated heterocycles. The van der Waals surface area contributed by atoms with Crippen LogP contribution in [-0.4, -0.2) is 23.3 Å². The third kappa shape index (κ3) is 4.48. The molecule has 2 aromatic heterocycles. The van der Waals surface area contributed by atoms with E-state index in [1.54, 1.807) is 36.5 Å². The number of carbonyl (C=O) groups is 1. The van der Waals surface area contributed by atoms with Gasteiger partial charge in [-0.05, 0) is 59.2 Å². The number of anilines is 2. The highest BCUT2D eigenvalue weighted by Gasteiger charge is 2.20. The predicted molar refractivity (Wildman–Crippen MR) is 129 cm³/mol. The molecule has 0 radical (unpaired) electrons. The second kappa shape index (κ2) is 8.64. The van der Waals surface area contributed by atoms with Crippen molar-refractivity contribution in [2.45, 2.75) is 4.90 Å². The van der Waals surface area contributed by atoms with Crippen LogP contribution < -0.4 is 17.2 Å². The second-order valence-electron chi connectivity index (χ2n) is 7.28. The molecule has 2 heterocycles. The number of amides is 1. The molecule has 0 unspecified atom stereocenters. The first-order chi connectivity index (χ1) is 15.8. The Kier molecular flexibility index (Phi) is 5.72. The Morgan fingerprint density at radius 3 is 2.42 bits per heavy atom. The van der Waals surface area contributed by atoms with Crippen molar-refractivity contribution in [1.29, 1.82) is 0 Å². The van der Waals surface area contributed by atoms with Crippen LogP contribution in [0.3, 0.4) is 0 Å². The minimum Gasteiger partial charge on any atom is -0.398 e. The van der Waals surface area contributed by atoms with Crippen molar-refractivity contribution in [2.75, 3.05) is 11.5 Å². The lowest BCUT2D eigenvalue weighted by atomic mass is 9.94. The van der Waals surface area contributed by atoms with Gasteiger partial charge in [0.05, 0.1) is 4.90 Å². The molecule has 0 fully saturated rings. The van der Waals surface area contributed by atoms with E-state index in [-0.39, 0.29) is 4.90 Å². The molecule has 166 valence electrons. The number of pyridine rings is 1. The number of benzene rings is 2. The van der Waals surface area contributed by atoms with E-state index in [9.17, 15) is 13.2 Å². The van der Waals surface area contributed by atoms with E-state index in [0.717, 1.165) is 21.2 Å². The van der Waals surface area contributed by atoms with Gasteiger partial charge in [0.15, 0.2) is 0 Å². The van der Waals surface area contributed by atoms with Gasteiger partial charge < -0.3 is 17.2 Å². The molecule has 0 aliphatic carbocycles. The summed E-state index contributed by atoms with van der Waals surface area (Å²) in [6, 6.07) is 17.1. The predicted octanol–water partition coefficient (Wildman–Crippen LogP) is 3.12. The molecule has 0 saturated carbocycles. The van der Waals surface area contributed by atoms with Crippen molar-refractivity contribution in [2.24, 2.45) is 5.73 Å². The molecule has 0 bridgehead atoms. The Balaban J connectivity index is 1.85. The maximum Gasteiger partial charge on any atom is 0.267 e. The zero-order valence-corrected chi connectivity index (χ0v) is 18.2. The van der Waals surface area contributed by atoms with E-state index >= 15 is 0 Å². The van der Waals surface area contributed by atoms with Crippen molar-refractivity contribution >= 4 is 33.5 Å². The van der Waals surface area contributed by atoms with Gasteiger partial charge in [-0.1, -0.05) is 24.3 Å². The SMILES string of the molecule is NC(=O)/C=C/c1ccn(S(=O)(=O)c2ccc(-c3ccc(N)nc3)c(-c3ccccc3N)c2)c1. The number of aromatic nitrogens is 2. The molecule has 0 atom stereocenters. The standard InChI is InChI=1S/C24H21N5O3S/c25-22-4-2-1-3-20(22)21-13-18(7-8-19(21)17-6-9-23(26)28-14-17)33(31,32)29-12-11-16(15-29)5-10-24(27)30/h1-15H,25H2,(H2,26,28)(H2,27,30)/b10-5+. The van der Waals surface area contributed by atoms with Crippen molar-refractivity contribution in [3.8, 4) is 22.3 Å². The van der Waals surface area contributed by atoms with Gasteiger partial charge in [0.25, 0.3) is 10.0 Å². The number of primary amides is 1. The molecule has 2 aromatic carbocycles. The van der Waals surface area contributed by atoms with E-state index < -0.39 is 15.9 Å². The van der Waals surface area contributed by atoms with Gasteiger partial charge in [-0.25, -0.2) is 17.4 Å². The van der Waals surface area contributed by atoms with Crippen LogP contribution in [0, 0.1) is 0 Å². The average molecular weight is 460 g/mol. The monoisotopic (exact) mass is 459 g/mol. The summed E-state index contributed by atoms with van der Waals surface area (Å²) in [5, 5.41) is 0. The molecular formula is C24H21N5O3S. The first-order valence-electron chi connectivity index (χ1n) is 9.87. The summed E-state index contributed by atoms with van der Waals surface area (Å²) in [6.45, 7) is 0. The Morgan fingerprint density at radius 1 is 0.939 bits per heavy atom. The van der Waals surface area contributed by atoms with Crippen LogP contribution in [0.25, 0.3) is 28.3 Å². The van der Waals surface area contributed by atoms with Crippen molar-refractivity contribution in [3.63, 3.8) is 0 Å². The molecule has 1 amide bonds. The highest BCUT2D eigenvalue weighted by molar-refractivity contribution is 7.90. The molecule has 8 nitrogen and oxygen atoms in total. The number of para-hydroxylation sites is 1. The van der Waals surface area contributed by atoms with Crippen molar-refractivity contribution in [1.82, 2.24) is 8.96 Å². The summed E-state index contributed by atoms with van der Waals surface area (Å²) in [4.78, 5) is 15.2. The Morgan fingerprint density at radius 2 is 1.73 bits per heavy atom. The van der Waals surface area contributed by atoms with Gasteiger partial charge in [-0.15, -0.1) is 0 Å². The summed E-state index contributed by atoms with van der Waals surface area (Å²) in [6.07, 6.45) is 7.05. The second-order valence-corrected chi connectivity index (χ2v) is 9.13. The number of hydrogen-bond acceptors (Lipinski definition) is 6. The van der Waals surface area contributed by atoms with E-state index in [2.05, 4.69) is 4.98 Å². The summed E-state index contributed by atoms with van der Waals surface area (Å²) in [7, 11) is -3.92. The Labute approximate surface area is 191 Å². The minimum absolute atomic E-state index is 0.0777. The molecule has 33 heavy (non-hydrogen) atoms. The molecule has 4 aromatic rings. The molecule has 0 aliphatic heterocycles. The largest absolute Gasteiger partial charge is 0.398 e. The lowest BCUT2D eigenvalue weighted by molar-refractivity contribution is -0.113. The first-order valence-corrected chi connectivity index (χ1v) is 11.3. The maximum atomic E-state index is 13.3. The van der Waals surface area contributed by atoms with Gasteiger partial charge in [0.2, 0.25) is 5.91 Å². The fraction of sp³-hybridized carbons (Fsp3) is 0. The molecule has 9 heteroatoms. The maximum absolute atomic E-state index is 13.3. The van der Waals surface area contributed by atoms with Gasteiger partial charge in [-0.2, -0.15) is 0 Å². The van der Waals surface area contributed by atoms with Crippen LogP contribution in [0.2, 0.25) is 0 Å². The first kappa shape index (κ1) is 21.8. The number of nitrogen functional groups attached to an aromatic ring is 2. The summed E-state index contributed by atoms with van der Waals surface area (Å²) in [5.41, 5.74) is 20.9. The molecule has 6 N–H and O–H groups in total. The van der Waals surface area contributed by atoms with Gasteiger partial charge in [0.1, 0.15) is 5.82 Å². The van der Waals surface area contributed by atoms with Crippen LogP contribution in [0.1, 0.15) is 5.56 Å². The fourth-order valence-corrected chi connectivity index (χ4v) is 4.64. The van der Waals surface area contributed by atoms with Gasteiger partial charge in [0, 0.05) is 41.5 Å². The van der Waals surface area contributed by atoms with E-state index in [1.165, 1.54) is 24.5 Å². The lowest BCUT2D eigenvalue weighted by Gasteiger charge is -2.15. The normalized spacial score (nSPS) is 11.6. The van der Waals surface area contributed by atoms with E-state index in [1.807, 2.05) is 24.3 Å². The highest BCUT2D eigenvalue weighted by Crippen LogP contribution is 2.37. The number of rotatable bonds is 6. The Hall–Kier alpha value is -4.37. The molecular weight excluding hydrogens is 438 g/mol. The third-order valence-electron chi connectivity index (χ3n) is 5.05. The van der Waals surface area contributed by atoms with Crippen LogP contribution >= 0.6 is 0 Å². The molecule has 0 aliphatic rings. The zero-order chi connectivity index (χ0) is 23.6. The van der Waals surface area contributed by atoms with Crippen LogP contribution in [0.15, 0.2) is 90.2 Å². The lowest BCUT2D eigenvalue weighted by Crippen LogP contribution is -2.11. The molecule has 0 spiro atoms. The summed E-state index contributed by atoms with van der Waals surface area (Å²) < 4.78 is 27.8. The third-order valence-corrected chi connectivity index (χ3v) is 6.68. The quantitative estimate of drug-likeness (QED) is 0.298. The average Bonchev–Trinajstić information content (AvgIpc) is 3.28. The minimum atomic E-state index is -3.92. The molecule has 4 rings (SSSR count). The highest BCUT2D eigenvalue weighted by atomic mass is 32.2. The van der Waals surface area contributed by atoms with Crippen molar-refractivity contribution < 1.29 is 13.2 Å². The van der Waals surface area contributed by atoms with Crippen molar-refractivity contribution in [3.05, 3.63) is 90.9 Å². The smallest absolute Gasteiger partial charge is 0.267 e. The summed E-state index contributed by atoms with van der Waals surface area (Å²) in [5.74, 6) is -0.240. The number of nitrogens with zero attached hydrogens (tertiary/aromatic N) is 2. The zero-order valence-electron chi connectivity index (χ0n) is 17.4. The number of hydrogen-bond donors (Lipinski definition) is 3. The van der Waals surface area contributed by atoms with E-state index in [0.29, 0.717) is 28.2 Å².